The predicted molar refractivity (Wildman–Crippen MR) is 117 cm³/mol. The fourth-order valence-electron chi connectivity index (χ4n) is 2.77. The van der Waals surface area contributed by atoms with Gasteiger partial charge in [0.2, 0.25) is 5.91 Å². The average molecular weight is 428 g/mol. The number of rotatable bonds is 6. The molecule has 0 aliphatic carbocycles. The summed E-state index contributed by atoms with van der Waals surface area (Å²) in [7, 11) is 0. The molecule has 0 aliphatic heterocycles. The summed E-state index contributed by atoms with van der Waals surface area (Å²) >= 11 is 4.30. The molecule has 28 heavy (non-hydrogen) atoms. The molecule has 0 fully saturated rings. The molecule has 1 aromatic carbocycles. The third kappa shape index (κ3) is 4.04. The van der Waals surface area contributed by atoms with Gasteiger partial charge in [-0.25, -0.2) is 4.98 Å². The lowest BCUT2D eigenvalue weighted by molar-refractivity contribution is -0.120. The van der Waals surface area contributed by atoms with Gasteiger partial charge in [0, 0.05) is 15.8 Å². The number of hydrogen-bond acceptors (Lipinski definition) is 6. The van der Waals surface area contributed by atoms with Crippen LogP contribution in [0.4, 0.5) is 0 Å². The maximum Gasteiger partial charge on any atom is 0.260 e. The van der Waals surface area contributed by atoms with Gasteiger partial charge in [0.15, 0.2) is 5.16 Å². The van der Waals surface area contributed by atoms with Crippen molar-refractivity contribution in [3.63, 3.8) is 0 Å². The highest BCUT2D eigenvalue weighted by molar-refractivity contribution is 8.00. The largest absolute Gasteiger partial charge is 0.350 e. The molecule has 4 rings (SSSR count). The number of thioether (sulfide) groups is 1. The van der Waals surface area contributed by atoms with Gasteiger partial charge >= 0.3 is 0 Å². The van der Waals surface area contributed by atoms with Gasteiger partial charge in [0.25, 0.3) is 5.56 Å². The molecule has 0 unspecified atom stereocenters. The second-order valence-corrected chi connectivity index (χ2v) is 9.34. The summed E-state index contributed by atoms with van der Waals surface area (Å²) in [6.45, 7) is 2.32. The minimum atomic E-state index is -0.367. The van der Waals surface area contributed by atoms with Crippen molar-refractivity contribution >= 4 is 50.6 Å². The number of aromatic nitrogens is 2. The third-order valence-corrected chi connectivity index (χ3v) is 6.91. The van der Waals surface area contributed by atoms with Gasteiger partial charge in [0.05, 0.1) is 17.2 Å². The van der Waals surface area contributed by atoms with Gasteiger partial charge in [-0.2, -0.15) is 0 Å². The van der Waals surface area contributed by atoms with Gasteiger partial charge in [-0.15, -0.1) is 22.7 Å². The molecule has 8 heteroatoms. The molecule has 5 nitrogen and oxygen atoms in total. The molecular weight excluding hydrogens is 410 g/mol. The van der Waals surface area contributed by atoms with Crippen LogP contribution in [0.15, 0.2) is 63.2 Å². The topological polar surface area (TPSA) is 74.8 Å². The number of benzene rings is 1. The molecule has 0 saturated heterocycles. The number of aromatic amines is 1. The zero-order chi connectivity index (χ0) is 19.5. The van der Waals surface area contributed by atoms with E-state index in [0.717, 1.165) is 16.0 Å². The van der Waals surface area contributed by atoms with E-state index < -0.39 is 0 Å². The van der Waals surface area contributed by atoms with Gasteiger partial charge in [-0.05, 0) is 23.9 Å². The highest BCUT2D eigenvalue weighted by Crippen LogP contribution is 2.31. The van der Waals surface area contributed by atoms with Crippen LogP contribution in [0.5, 0.6) is 0 Å². The highest BCUT2D eigenvalue weighted by Gasteiger charge is 2.18. The summed E-state index contributed by atoms with van der Waals surface area (Å²) in [5.41, 5.74) is 1.69. The van der Waals surface area contributed by atoms with Crippen LogP contribution in [-0.4, -0.2) is 21.1 Å². The van der Waals surface area contributed by atoms with Gasteiger partial charge < -0.3 is 10.3 Å². The van der Waals surface area contributed by atoms with Crippen molar-refractivity contribution < 1.29 is 4.79 Å². The Morgan fingerprint density at radius 3 is 2.79 bits per heavy atom. The fraction of sp³-hybridized carbons (Fsp3) is 0.150. The second-order valence-electron chi connectivity index (χ2n) is 6.12. The van der Waals surface area contributed by atoms with Crippen LogP contribution in [0.25, 0.3) is 21.3 Å². The SMILES string of the molecule is C[C@@H](Sc1nc2scc(-c3ccccc3)c2c(=O)[nH]1)C(=O)NCc1cccs1. The zero-order valence-electron chi connectivity index (χ0n) is 15.0. The maximum absolute atomic E-state index is 12.7. The van der Waals surface area contributed by atoms with E-state index in [1.54, 1.807) is 11.3 Å². The van der Waals surface area contributed by atoms with E-state index in [9.17, 15) is 9.59 Å². The van der Waals surface area contributed by atoms with E-state index in [1.165, 1.54) is 23.1 Å². The molecule has 0 spiro atoms. The van der Waals surface area contributed by atoms with Crippen molar-refractivity contribution in [2.75, 3.05) is 0 Å². The molecule has 1 amide bonds. The number of H-pyrrole nitrogens is 1. The van der Waals surface area contributed by atoms with E-state index in [0.29, 0.717) is 21.9 Å². The maximum atomic E-state index is 12.7. The molecule has 0 radical (unpaired) electrons. The van der Waals surface area contributed by atoms with Gasteiger partial charge in [-0.3, -0.25) is 9.59 Å². The average Bonchev–Trinajstić information content (AvgIpc) is 3.36. The smallest absolute Gasteiger partial charge is 0.260 e. The van der Waals surface area contributed by atoms with Crippen molar-refractivity contribution in [2.24, 2.45) is 0 Å². The van der Waals surface area contributed by atoms with Crippen molar-refractivity contribution in [3.05, 3.63) is 68.5 Å². The van der Waals surface area contributed by atoms with Crippen LogP contribution >= 0.6 is 34.4 Å². The lowest BCUT2D eigenvalue weighted by Crippen LogP contribution is -2.30. The minimum Gasteiger partial charge on any atom is -0.350 e. The molecule has 4 aromatic rings. The molecule has 0 bridgehead atoms. The Morgan fingerprint density at radius 2 is 2.04 bits per heavy atom. The lowest BCUT2D eigenvalue weighted by Gasteiger charge is -2.10. The number of nitrogens with zero attached hydrogens (tertiary/aromatic N) is 1. The summed E-state index contributed by atoms with van der Waals surface area (Å²) in [5, 5.41) is 7.53. The van der Waals surface area contributed by atoms with Gasteiger partial charge in [0.1, 0.15) is 4.83 Å². The standard InChI is InChI=1S/C20H17N3O2S3/c1-12(17(24)21-10-14-8-5-9-26-14)28-20-22-18(25)16-15(11-27-19(16)23-20)13-6-3-2-4-7-13/h2-9,11-12H,10H2,1H3,(H,21,24)(H,22,23,25)/t12-/m1/s1. The van der Waals surface area contributed by atoms with Gasteiger partial charge in [-0.1, -0.05) is 48.2 Å². The molecule has 3 heterocycles. The summed E-state index contributed by atoms with van der Waals surface area (Å²) in [5.74, 6) is -0.0858. The second kappa shape index (κ2) is 8.30. The van der Waals surface area contributed by atoms with Crippen molar-refractivity contribution in [3.8, 4) is 11.1 Å². The summed E-state index contributed by atoms with van der Waals surface area (Å²) < 4.78 is 0. The van der Waals surface area contributed by atoms with Crippen LogP contribution in [0.3, 0.4) is 0 Å². The minimum absolute atomic E-state index is 0.0858. The molecule has 3 aromatic heterocycles. The van der Waals surface area contributed by atoms with Crippen LogP contribution in [0, 0.1) is 0 Å². The monoisotopic (exact) mass is 427 g/mol. The van der Waals surface area contributed by atoms with E-state index >= 15 is 0 Å². The Balaban J connectivity index is 1.52. The molecule has 1 atom stereocenters. The summed E-state index contributed by atoms with van der Waals surface area (Å²) in [6, 6.07) is 13.7. The van der Waals surface area contributed by atoms with Crippen molar-refractivity contribution in [2.45, 2.75) is 23.9 Å². The predicted octanol–water partition coefficient (Wildman–Crippen LogP) is 4.51. The van der Waals surface area contributed by atoms with E-state index in [-0.39, 0.29) is 16.7 Å². The van der Waals surface area contributed by atoms with Crippen molar-refractivity contribution in [1.29, 1.82) is 0 Å². The van der Waals surface area contributed by atoms with E-state index in [4.69, 9.17) is 0 Å². The number of amides is 1. The van der Waals surface area contributed by atoms with Crippen LogP contribution in [-0.2, 0) is 11.3 Å². The number of carbonyl (C=O) groups is 1. The molecule has 0 saturated carbocycles. The first kappa shape index (κ1) is 18.9. The molecule has 142 valence electrons. The quantitative estimate of drug-likeness (QED) is 0.351. The summed E-state index contributed by atoms with van der Waals surface area (Å²) in [6.07, 6.45) is 0. The number of carbonyl (C=O) groups excluding carboxylic acids is 1. The first-order valence-corrected chi connectivity index (χ1v) is 11.3. The number of thiophene rings is 2. The third-order valence-electron chi connectivity index (χ3n) is 4.18. The first-order chi connectivity index (χ1) is 13.6. The highest BCUT2D eigenvalue weighted by atomic mass is 32.2. The lowest BCUT2D eigenvalue weighted by atomic mass is 10.1. The normalized spacial score (nSPS) is 12.2. The Kier molecular flexibility index (Phi) is 5.61. The number of hydrogen-bond donors (Lipinski definition) is 2. The molecule has 2 N–H and O–H groups in total. The zero-order valence-corrected chi connectivity index (χ0v) is 17.4. The number of nitrogens with one attached hydrogen (secondary N) is 2. The van der Waals surface area contributed by atoms with Crippen molar-refractivity contribution in [1.82, 2.24) is 15.3 Å². The summed E-state index contributed by atoms with van der Waals surface area (Å²) in [4.78, 5) is 34.2. The Hall–Kier alpha value is -2.42. The van der Waals surface area contributed by atoms with Crippen LogP contribution in [0.1, 0.15) is 11.8 Å². The first-order valence-electron chi connectivity index (χ1n) is 8.65. The molecule has 0 aliphatic rings. The Morgan fingerprint density at radius 1 is 1.21 bits per heavy atom. The molecular formula is C20H17N3O2S3. The van der Waals surface area contributed by atoms with Crippen LogP contribution < -0.4 is 10.9 Å². The number of fused-ring (bicyclic) bond motifs is 1. The Labute approximate surface area is 173 Å². The fourth-order valence-corrected chi connectivity index (χ4v) is 5.24. The van der Waals surface area contributed by atoms with Crippen LogP contribution in [0.2, 0.25) is 0 Å². The Bertz CT molecular complexity index is 1150. The van der Waals surface area contributed by atoms with E-state index in [2.05, 4.69) is 15.3 Å². The van der Waals surface area contributed by atoms with E-state index in [1.807, 2.05) is 60.1 Å².